The molecule has 0 saturated heterocycles. The first-order chi connectivity index (χ1) is 8.74. The van der Waals surface area contributed by atoms with Gasteiger partial charge in [0, 0.05) is 17.0 Å². The third-order valence-corrected chi connectivity index (χ3v) is 4.20. The first kappa shape index (κ1) is 13.3. The number of aryl methyl sites for hydroxylation is 1. The van der Waals surface area contributed by atoms with Gasteiger partial charge in [-0.15, -0.1) is 11.3 Å². The largest absolute Gasteiger partial charge is 0.326 e. The summed E-state index contributed by atoms with van der Waals surface area (Å²) in [5, 5.41) is 2.89. The van der Waals surface area contributed by atoms with Crippen LogP contribution in [0, 0.1) is 0 Å². The van der Waals surface area contributed by atoms with Gasteiger partial charge in [-0.1, -0.05) is 18.2 Å². The fraction of sp³-hybridized carbons (Fsp3) is 0.214. The van der Waals surface area contributed by atoms with E-state index in [-0.39, 0.29) is 5.91 Å². The molecule has 2 aromatic rings. The molecular formula is C14H14BrNOS. The number of anilines is 1. The lowest BCUT2D eigenvalue weighted by Crippen LogP contribution is -2.11. The normalized spacial score (nSPS) is 10.3. The van der Waals surface area contributed by atoms with Crippen LogP contribution in [0.4, 0.5) is 5.69 Å². The Hall–Kier alpha value is -1.13. The van der Waals surface area contributed by atoms with E-state index in [0.29, 0.717) is 6.42 Å². The van der Waals surface area contributed by atoms with Gasteiger partial charge in [-0.05, 0) is 53.0 Å². The lowest BCUT2D eigenvalue weighted by Gasteiger charge is -2.04. The summed E-state index contributed by atoms with van der Waals surface area (Å²) in [5.74, 6) is 0.0804. The highest BCUT2D eigenvalue weighted by Crippen LogP contribution is 2.23. The molecule has 0 aliphatic carbocycles. The van der Waals surface area contributed by atoms with Crippen LogP contribution in [-0.4, -0.2) is 5.91 Å². The van der Waals surface area contributed by atoms with Crippen molar-refractivity contribution in [2.45, 2.75) is 19.3 Å². The summed E-state index contributed by atoms with van der Waals surface area (Å²) in [6, 6.07) is 13.7. The molecule has 1 N–H and O–H groups in total. The van der Waals surface area contributed by atoms with Crippen LogP contribution in [0.1, 0.15) is 17.7 Å². The Balaban J connectivity index is 1.72. The van der Waals surface area contributed by atoms with Gasteiger partial charge in [-0.3, -0.25) is 4.79 Å². The summed E-state index contributed by atoms with van der Waals surface area (Å²) >= 11 is 5.16. The maximum Gasteiger partial charge on any atom is 0.224 e. The van der Waals surface area contributed by atoms with Crippen LogP contribution < -0.4 is 5.32 Å². The fourth-order valence-electron chi connectivity index (χ4n) is 1.65. The zero-order chi connectivity index (χ0) is 12.8. The van der Waals surface area contributed by atoms with Gasteiger partial charge in [0.15, 0.2) is 0 Å². The van der Waals surface area contributed by atoms with Gasteiger partial charge in [-0.25, -0.2) is 0 Å². The van der Waals surface area contributed by atoms with E-state index in [1.165, 1.54) is 4.88 Å². The molecule has 0 radical (unpaired) electrons. The number of nitrogens with one attached hydrogen (secondary N) is 1. The molecule has 0 atom stereocenters. The Morgan fingerprint density at radius 3 is 2.61 bits per heavy atom. The molecule has 2 rings (SSSR count). The minimum atomic E-state index is 0.0804. The molecule has 1 aromatic carbocycles. The summed E-state index contributed by atoms with van der Waals surface area (Å²) in [7, 11) is 0. The van der Waals surface area contributed by atoms with Gasteiger partial charge in [0.1, 0.15) is 0 Å². The number of rotatable bonds is 5. The van der Waals surface area contributed by atoms with Crippen molar-refractivity contribution in [1.29, 1.82) is 0 Å². The molecule has 0 bridgehead atoms. The molecule has 0 aliphatic heterocycles. The first-order valence-electron chi connectivity index (χ1n) is 5.83. The van der Waals surface area contributed by atoms with Crippen molar-refractivity contribution < 1.29 is 4.79 Å². The summed E-state index contributed by atoms with van der Waals surface area (Å²) in [6.45, 7) is 0. The average molecular weight is 324 g/mol. The Morgan fingerprint density at radius 1 is 1.17 bits per heavy atom. The maximum absolute atomic E-state index is 11.7. The average Bonchev–Trinajstić information content (AvgIpc) is 2.76. The Kier molecular flexibility index (Phi) is 4.96. The number of benzene rings is 1. The summed E-state index contributed by atoms with van der Waals surface area (Å²) in [4.78, 5) is 13.0. The van der Waals surface area contributed by atoms with Gasteiger partial charge < -0.3 is 5.32 Å². The zero-order valence-electron chi connectivity index (χ0n) is 9.86. The lowest BCUT2D eigenvalue weighted by molar-refractivity contribution is -0.116. The highest BCUT2D eigenvalue weighted by atomic mass is 79.9. The number of thiophene rings is 1. The second-order valence-electron chi connectivity index (χ2n) is 3.97. The lowest BCUT2D eigenvalue weighted by atomic mass is 10.2. The van der Waals surface area contributed by atoms with Crippen LogP contribution in [-0.2, 0) is 11.2 Å². The van der Waals surface area contributed by atoms with Crippen LogP contribution in [0.25, 0.3) is 0 Å². The molecule has 0 spiro atoms. The number of para-hydroxylation sites is 1. The smallest absolute Gasteiger partial charge is 0.224 e. The SMILES string of the molecule is O=C(CCCc1ccc(Br)s1)Nc1ccccc1. The van der Waals surface area contributed by atoms with Crippen molar-refractivity contribution in [2.24, 2.45) is 0 Å². The van der Waals surface area contributed by atoms with Crippen LogP contribution >= 0.6 is 27.3 Å². The van der Waals surface area contributed by atoms with E-state index in [2.05, 4.69) is 27.3 Å². The number of hydrogen-bond donors (Lipinski definition) is 1. The highest BCUT2D eigenvalue weighted by molar-refractivity contribution is 9.11. The van der Waals surface area contributed by atoms with Crippen molar-refractivity contribution in [3.8, 4) is 0 Å². The Bertz CT molecular complexity index is 510. The second-order valence-corrected chi connectivity index (χ2v) is 6.52. The predicted molar refractivity (Wildman–Crippen MR) is 80.0 cm³/mol. The fourth-order valence-corrected chi connectivity index (χ4v) is 3.18. The molecule has 0 aliphatic rings. The van der Waals surface area contributed by atoms with Gasteiger partial charge in [0.2, 0.25) is 5.91 Å². The summed E-state index contributed by atoms with van der Waals surface area (Å²) < 4.78 is 1.14. The molecule has 2 nitrogen and oxygen atoms in total. The van der Waals surface area contributed by atoms with E-state index in [9.17, 15) is 4.79 Å². The second kappa shape index (κ2) is 6.71. The van der Waals surface area contributed by atoms with Gasteiger partial charge in [0.25, 0.3) is 0 Å². The van der Waals surface area contributed by atoms with Crippen molar-refractivity contribution >= 4 is 38.9 Å². The van der Waals surface area contributed by atoms with E-state index < -0.39 is 0 Å². The number of halogens is 1. The van der Waals surface area contributed by atoms with Crippen molar-refractivity contribution in [3.05, 3.63) is 51.1 Å². The summed E-state index contributed by atoms with van der Waals surface area (Å²) in [5.41, 5.74) is 0.862. The third-order valence-electron chi connectivity index (χ3n) is 2.51. The van der Waals surface area contributed by atoms with Gasteiger partial charge >= 0.3 is 0 Å². The first-order valence-corrected chi connectivity index (χ1v) is 7.44. The zero-order valence-corrected chi connectivity index (χ0v) is 12.3. The van der Waals surface area contributed by atoms with Crippen LogP contribution in [0.5, 0.6) is 0 Å². The Morgan fingerprint density at radius 2 is 1.94 bits per heavy atom. The molecule has 1 aromatic heterocycles. The molecular weight excluding hydrogens is 310 g/mol. The molecule has 18 heavy (non-hydrogen) atoms. The minimum absolute atomic E-state index is 0.0804. The van der Waals surface area contributed by atoms with E-state index in [0.717, 1.165) is 22.3 Å². The molecule has 1 heterocycles. The molecule has 0 saturated carbocycles. The Labute approximate surface area is 119 Å². The molecule has 1 amide bonds. The minimum Gasteiger partial charge on any atom is -0.326 e. The summed E-state index contributed by atoms with van der Waals surface area (Å²) in [6.07, 6.45) is 2.40. The standard InChI is InChI=1S/C14H14BrNOS/c15-13-10-9-12(18-13)7-4-8-14(17)16-11-5-2-1-3-6-11/h1-3,5-6,9-10H,4,7-8H2,(H,16,17). The van der Waals surface area contributed by atoms with Gasteiger partial charge in [0.05, 0.1) is 3.79 Å². The van der Waals surface area contributed by atoms with Crippen molar-refractivity contribution in [2.75, 3.05) is 5.32 Å². The van der Waals surface area contributed by atoms with Crippen molar-refractivity contribution in [1.82, 2.24) is 0 Å². The number of amides is 1. The van der Waals surface area contributed by atoms with Crippen LogP contribution in [0.2, 0.25) is 0 Å². The van der Waals surface area contributed by atoms with Gasteiger partial charge in [-0.2, -0.15) is 0 Å². The maximum atomic E-state index is 11.7. The number of carbonyl (C=O) groups is 1. The molecule has 0 fully saturated rings. The third kappa shape index (κ3) is 4.27. The quantitative estimate of drug-likeness (QED) is 0.864. The topological polar surface area (TPSA) is 29.1 Å². The predicted octanol–water partition coefficient (Wildman–Crippen LogP) is 4.47. The molecule has 94 valence electrons. The number of carbonyl (C=O) groups excluding carboxylic acids is 1. The van der Waals surface area contributed by atoms with E-state index in [4.69, 9.17) is 0 Å². The van der Waals surface area contributed by atoms with Crippen LogP contribution in [0.15, 0.2) is 46.3 Å². The van der Waals surface area contributed by atoms with E-state index >= 15 is 0 Å². The molecule has 0 unspecified atom stereocenters. The van der Waals surface area contributed by atoms with E-state index in [1.807, 2.05) is 36.4 Å². The monoisotopic (exact) mass is 323 g/mol. The van der Waals surface area contributed by atoms with Crippen LogP contribution in [0.3, 0.4) is 0 Å². The highest BCUT2D eigenvalue weighted by Gasteiger charge is 2.03. The molecule has 4 heteroatoms. The van der Waals surface area contributed by atoms with E-state index in [1.54, 1.807) is 11.3 Å². The number of hydrogen-bond acceptors (Lipinski definition) is 2. The van der Waals surface area contributed by atoms with Crippen molar-refractivity contribution in [3.63, 3.8) is 0 Å².